The first kappa shape index (κ1) is 17.1. The molecule has 3 aromatic carbocycles. The summed E-state index contributed by atoms with van der Waals surface area (Å²) in [5.74, 6) is 0. The first-order chi connectivity index (χ1) is 14.3. The second kappa shape index (κ2) is 7.17. The Morgan fingerprint density at radius 3 is 2.21 bits per heavy atom. The Kier molecular flexibility index (Phi) is 4.22. The molecule has 0 radical (unpaired) electrons. The molecule has 0 amide bonds. The Morgan fingerprint density at radius 2 is 1.41 bits per heavy atom. The lowest BCUT2D eigenvalue weighted by Gasteiger charge is -2.12. The minimum atomic E-state index is 0.435. The van der Waals surface area contributed by atoms with Crippen molar-refractivity contribution in [3.8, 4) is 11.4 Å². The van der Waals surface area contributed by atoms with Gasteiger partial charge in [0.25, 0.3) is 0 Å². The second-order valence-electron chi connectivity index (χ2n) is 6.76. The first-order valence-corrected chi connectivity index (χ1v) is 9.37. The second-order valence-corrected chi connectivity index (χ2v) is 6.76. The quantitative estimate of drug-likeness (QED) is 0.191. The maximum Gasteiger partial charge on any atom is 0.136 e. The standard InChI is InChI=1S/C25H17N3O/c29-28-25(24-14-7-13-23(27-24)22-12-5-6-15-26-22)21-16-17-8-1-2-9-18(17)19-10-3-4-11-20(19)21/h1-16,29H/b28-25-. The SMILES string of the molecule is O/N=C(\c1cccc(-c2ccccn2)n1)c1cc2ccccc2c2ccccc12. The predicted octanol–water partition coefficient (Wildman–Crippen LogP) is 5.68. The van der Waals surface area contributed by atoms with Gasteiger partial charge in [0, 0.05) is 11.8 Å². The lowest BCUT2D eigenvalue weighted by atomic mass is 9.93. The number of benzene rings is 3. The smallest absolute Gasteiger partial charge is 0.136 e. The van der Waals surface area contributed by atoms with E-state index in [0.29, 0.717) is 11.4 Å². The van der Waals surface area contributed by atoms with E-state index in [1.807, 2.05) is 66.7 Å². The summed E-state index contributed by atoms with van der Waals surface area (Å²) in [4.78, 5) is 9.10. The number of fused-ring (bicyclic) bond motifs is 3. The van der Waals surface area contributed by atoms with Crippen molar-refractivity contribution in [2.75, 3.05) is 0 Å². The number of nitrogens with zero attached hydrogens (tertiary/aromatic N) is 3. The van der Waals surface area contributed by atoms with Gasteiger partial charge in [-0.1, -0.05) is 65.8 Å². The molecule has 138 valence electrons. The third kappa shape index (κ3) is 3.01. The van der Waals surface area contributed by atoms with E-state index < -0.39 is 0 Å². The van der Waals surface area contributed by atoms with Crippen LogP contribution < -0.4 is 0 Å². The molecular formula is C25H17N3O. The largest absolute Gasteiger partial charge is 0.410 e. The maximum atomic E-state index is 9.96. The molecule has 0 spiro atoms. The summed E-state index contributed by atoms with van der Waals surface area (Å²) in [6.07, 6.45) is 1.74. The Labute approximate surface area is 167 Å². The van der Waals surface area contributed by atoms with Crippen LogP contribution in [0.3, 0.4) is 0 Å². The zero-order valence-corrected chi connectivity index (χ0v) is 15.5. The molecule has 2 aromatic heterocycles. The highest BCUT2D eigenvalue weighted by molar-refractivity contribution is 6.23. The molecule has 4 nitrogen and oxygen atoms in total. The van der Waals surface area contributed by atoms with E-state index in [-0.39, 0.29) is 0 Å². The van der Waals surface area contributed by atoms with Crippen molar-refractivity contribution in [2.45, 2.75) is 0 Å². The van der Waals surface area contributed by atoms with E-state index in [0.717, 1.165) is 33.1 Å². The van der Waals surface area contributed by atoms with Crippen molar-refractivity contribution in [1.82, 2.24) is 9.97 Å². The fourth-order valence-corrected chi connectivity index (χ4v) is 3.72. The monoisotopic (exact) mass is 375 g/mol. The van der Waals surface area contributed by atoms with Crippen molar-refractivity contribution >= 4 is 27.3 Å². The number of hydrogen-bond donors (Lipinski definition) is 1. The minimum absolute atomic E-state index is 0.435. The van der Waals surface area contributed by atoms with Crippen LogP contribution in [0.5, 0.6) is 0 Å². The molecule has 0 saturated heterocycles. The lowest BCUT2D eigenvalue weighted by molar-refractivity contribution is 0.319. The number of hydrogen-bond acceptors (Lipinski definition) is 4. The van der Waals surface area contributed by atoms with Crippen molar-refractivity contribution in [3.05, 3.63) is 108 Å². The van der Waals surface area contributed by atoms with E-state index in [2.05, 4.69) is 34.4 Å². The Bertz CT molecular complexity index is 1360. The summed E-state index contributed by atoms with van der Waals surface area (Å²) in [7, 11) is 0. The van der Waals surface area contributed by atoms with E-state index in [1.54, 1.807) is 6.20 Å². The van der Waals surface area contributed by atoms with Crippen LogP contribution >= 0.6 is 0 Å². The lowest BCUT2D eigenvalue weighted by Crippen LogP contribution is -2.08. The van der Waals surface area contributed by atoms with Crippen LogP contribution in [0.25, 0.3) is 32.9 Å². The van der Waals surface area contributed by atoms with Crippen LogP contribution in [0, 0.1) is 0 Å². The van der Waals surface area contributed by atoms with Crippen LogP contribution in [0.4, 0.5) is 0 Å². The molecule has 0 atom stereocenters. The Hall–Kier alpha value is -4.05. The molecule has 2 heterocycles. The third-order valence-corrected chi connectivity index (χ3v) is 5.04. The highest BCUT2D eigenvalue weighted by Gasteiger charge is 2.16. The van der Waals surface area contributed by atoms with Crippen LogP contribution in [0.1, 0.15) is 11.3 Å². The van der Waals surface area contributed by atoms with E-state index in [4.69, 9.17) is 4.98 Å². The Balaban J connectivity index is 1.73. The first-order valence-electron chi connectivity index (χ1n) is 9.37. The number of rotatable bonds is 3. The molecule has 5 rings (SSSR count). The molecule has 0 unspecified atom stereocenters. The number of aromatic nitrogens is 2. The van der Waals surface area contributed by atoms with Crippen molar-refractivity contribution in [1.29, 1.82) is 0 Å². The molecule has 5 aromatic rings. The van der Waals surface area contributed by atoms with Gasteiger partial charge in [-0.3, -0.25) is 4.98 Å². The van der Waals surface area contributed by atoms with Crippen LogP contribution in [-0.2, 0) is 0 Å². The predicted molar refractivity (Wildman–Crippen MR) is 116 cm³/mol. The molecule has 4 heteroatoms. The van der Waals surface area contributed by atoms with Crippen LogP contribution in [-0.4, -0.2) is 20.9 Å². The third-order valence-electron chi connectivity index (χ3n) is 5.04. The molecule has 1 N–H and O–H groups in total. The van der Waals surface area contributed by atoms with Crippen molar-refractivity contribution in [2.24, 2.45) is 5.16 Å². The van der Waals surface area contributed by atoms with Gasteiger partial charge in [0.05, 0.1) is 17.1 Å². The number of oxime groups is 1. The van der Waals surface area contributed by atoms with E-state index in [1.165, 1.54) is 5.39 Å². The van der Waals surface area contributed by atoms with Gasteiger partial charge in [-0.25, -0.2) is 4.98 Å². The van der Waals surface area contributed by atoms with Gasteiger partial charge in [-0.05, 0) is 51.9 Å². The van der Waals surface area contributed by atoms with E-state index >= 15 is 0 Å². The summed E-state index contributed by atoms with van der Waals surface area (Å²) >= 11 is 0. The average molecular weight is 375 g/mol. The summed E-state index contributed by atoms with van der Waals surface area (Å²) in [6, 6.07) is 29.8. The normalized spacial score (nSPS) is 11.8. The molecule has 29 heavy (non-hydrogen) atoms. The van der Waals surface area contributed by atoms with Gasteiger partial charge in [0.2, 0.25) is 0 Å². The molecule has 0 aliphatic heterocycles. The highest BCUT2D eigenvalue weighted by Crippen LogP contribution is 2.30. The van der Waals surface area contributed by atoms with Crippen LogP contribution in [0.15, 0.2) is 102 Å². The fourth-order valence-electron chi connectivity index (χ4n) is 3.72. The zero-order chi connectivity index (χ0) is 19.6. The topological polar surface area (TPSA) is 58.4 Å². The van der Waals surface area contributed by atoms with Gasteiger partial charge in [0.15, 0.2) is 0 Å². The van der Waals surface area contributed by atoms with Gasteiger partial charge in [-0.2, -0.15) is 0 Å². The van der Waals surface area contributed by atoms with Gasteiger partial charge in [-0.15, -0.1) is 0 Å². The zero-order valence-electron chi connectivity index (χ0n) is 15.5. The van der Waals surface area contributed by atoms with Gasteiger partial charge in [0.1, 0.15) is 5.71 Å². The maximum absolute atomic E-state index is 9.96. The molecule has 0 saturated carbocycles. The fraction of sp³-hybridized carbons (Fsp3) is 0. The molecule has 0 aliphatic carbocycles. The minimum Gasteiger partial charge on any atom is -0.410 e. The Morgan fingerprint density at radius 1 is 0.690 bits per heavy atom. The van der Waals surface area contributed by atoms with Gasteiger partial charge >= 0.3 is 0 Å². The van der Waals surface area contributed by atoms with Crippen molar-refractivity contribution < 1.29 is 5.21 Å². The average Bonchev–Trinajstić information content (AvgIpc) is 2.80. The summed E-state index contributed by atoms with van der Waals surface area (Å²) in [5, 5.41) is 18.0. The van der Waals surface area contributed by atoms with Crippen molar-refractivity contribution in [3.63, 3.8) is 0 Å². The summed E-state index contributed by atoms with van der Waals surface area (Å²) in [5.41, 5.74) is 3.37. The molecule has 0 bridgehead atoms. The molecule has 0 fully saturated rings. The summed E-state index contributed by atoms with van der Waals surface area (Å²) in [6.45, 7) is 0. The van der Waals surface area contributed by atoms with Crippen LogP contribution in [0.2, 0.25) is 0 Å². The van der Waals surface area contributed by atoms with Gasteiger partial charge < -0.3 is 5.21 Å². The molecule has 0 aliphatic rings. The summed E-state index contributed by atoms with van der Waals surface area (Å²) < 4.78 is 0. The number of pyridine rings is 2. The van der Waals surface area contributed by atoms with E-state index in [9.17, 15) is 5.21 Å². The molecular weight excluding hydrogens is 358 g/mol. The highest BCUT2D eigenvalue weighted by atomic mass is 16.4.